The average Bonchev–Trinajstić information content (AvgIpc) is 2.59. The summed E-state index contributed by atoms with van der Waals surface area (Å²) in [4.78, 5) is 11.3. The van der Waals surface area contributed by atoms with E-state index in [-0.39, 0.29) is 6.10 Å². The summed E-state index contributed by atoms with van der Waals surface area (Å²) in [5.74, 6) is 1.55. The summed E-state index contributed by atoms with van der Waals surface area (Å²) in [5.41, 5.74) is 2.81. The summed E-state index contributed by atoms with van der Waals surface area (Å²) in [6, 6.07) is 12.1. The van der Waals surface area contributed by atoms with Gasteiger partial charge in [0.05, 0.1) is 15.9 Å². The highest BCUT2D eigenvalue weighted by Gasteiger charge is 2.13. The Hall–Kier alpha value is -1.88. The van der Waals surface area contributed by atoms with Crippen molar-refractivity contribution in [3.8, 4) is 5.88 Å². The van der Waals surface area contributed by atoms with E-state index in [4.69, 9.17) is 4.74 Å². The molecule has 24 heavy (non-hydrogen) atoms. The number of hydrogen-bond acceptors (Lipinski definition) is 3. The molecule has 0 saturated heterocycles. The predicted octanol–water partition coefficient (Wildman–Crippen LogP) is 5.29. The molecule has 1 atom stereocenters. The van der Waals surface area contributed by atoms with Gasteiger partial charge in [-0.15, -0.1) is 0 Å². The predicted molar refractivity (Wildman–Crippen MR) is 103 cm³/mol. The van der Waals surface area contributed by atoms with Crippen molar-refractivity contribution in [2.45, 2.75) is 33.8 Å². The van der Waals surface area contributed by atoms with Crippen LogP contribution in [-0.2, 0) is 0 Å². The quantitative estimate of drug-likeness (QED) is 0.514. The smallest absolute Gasteiger partial charge is 0.228 e. The highest BCUT2D eigenvalue weighted by molar-refractivity contribution is 9.10. The molecule has 1 aromatic heterocycles. The van der Waals surface area contributed by atoms with Gasteiger partial charge in [-0.2, -0.15) is 0 Å². The highest BCUT2D eigenvalue weighted by Crippen LogP contribution is 2.32. The molecule has 1 unspecified atom stereocenters. The molecular weight excluding hydrogens is 366 g/mol. The van der Waals surface area contributed by atoms with Crippen LogP contribution < -0.4 is 4.74 Å². The van der Waals surface area contributed by atoms with Gasteiger partial charge >= 0.3 is 0 Å². The van der Waals surface area contributed by atoms with E-state index in [1.807, 2.05) is 64.2 Å². The van der Waals surface area contributed by atoms with Gasteiger partial charge in [0.2, 0.25) is 5.88 Å². The number of amidine groups is 1. The topological polar surface area (TPSA) is 37.7 Å². The van der Waals surface area contributed by atoms with Crippen molar-refractivity contribution in [2.24, 2.45) is 4.99 Å². The maximum Gasteiger partial charge on any atom is 0.228 e. The fourth-order valence-corrected chi connectivity index (χ4v) is 2.59. The number of benzene rings is 1. The first-order valence-corrected chi connectivity index (χ1v) is 8.86. The second kappa shape index (κ2) is 8.29. The third kappa shape index (κ3) is 4.57. The molecule has 0 aliphatic rings. The van der Waals surface area contributed by atoms with Gasteiger partial charge in [-0.25, -0.2) is 9.98 Å². The van der Waals surface area contributed by atoms with Gasteiger partial charge in [0.15, 0.2) is 0 Å². The Bertz CT molecular complexity index is 716. The van der Waals surface area contributed by atoms with E-state index >= 15 is 0 Å². The fourth-order valence-electron chi connectivity index (χ4n) is 2.19. The van der Waals surface area contributed by atoms with E-state index < -0.39 is 0 Å². The van der Waals surface area contributed by atoms with E-state index in [9.17, 15) is 0 Å². The fraction of sp³-hybridized carbons (Fsp3) is 0.368. The zero-order valence-corrected chi connectivity index (χ0v) is 16.5. The number of halogens is 1. The largest absolute Gasteiger partial charge is 0.469 e. The maximum atomic E-state index is 6.02. The molecule has 4 nitrogen and oxygen atoms in total. The zero-order chi connectivity index (χ0) is 17.7. The summed E-state index contributed by atoms with van der Waals surface area (Å²) >= 11 is 3.56. The number of aliphatic imine (C=N–C) groups is 1. The summed E-state index contributed by atoms with van der Waals surface area (Å²) < 4.78 is 6.83. The Labute approximate surface area is 152 Å². The van der Waals surface area contributed by atoms with Gasteiger partial charge in [0, 0.05) is 13.6 Å². The highest BCUT2D eigenvalue weighted by atomic mass is 79.9. The zero-order valence-electron chi connectivity index (χ0n) is 14.9. The Morgan fingerprint density at radius 2 is 2.00 bits per heavy atom. The number of nitrogens with zero attached hydrogens (tertiary/aromatic N) is 3. The van der Waals surface area contributed by atoms with Crippen LogP contribution in [0, 0.1) is 6.92 Å². The molecule has 2 aromatic rings. The molecule has 0 spiro atoms. The molecule has 0 amide bonds. The first-order chi connectivity index (χ1) is 11.4. The van der Waals surface area contributed by atoms with E-state index in [0.717, 1.165) is 33.8 Å². The number of ether oxygens (including phenoxy) is 1. The molecule has 0 aliphatic heterocycles. The van der Waals surface area contributed by atoms with Crippen molar-refractivity contribution in [3.05, 3.63) is 52.1 Å². The van der Waals surface area contributed by atoms with Gasteiger partial charge in [0.25, 0.3) is 0 Å². The van der Waals surface area contributed by atoms with Crippen LogP contribution >= 0.6 is 15.9 Å². The summed E-state index contributed by atoms with van der Waals surface area (Å²) in [7, 11) is 2.02. The van der Waals surface area contributed by atoms with E-state index in [1.54, 1.807) is 0 Å². The number of rotatable bonds is 5. The van der Waals surface area contributed by atoms with Crippen LogP contribution in [0.1, 0.15) is 38.1 Å². The van der Waals surface area contributed by atoms with Gasteiger partial charge in [-0.3, -0.25) is 0 Å². The summed E-state index contributed by atoms with van der Waals surface area (Å²) in [6.45, 7) is 8.98. The van der Waals surface area contributed by atoms with Gasteiger partial charge in [0.1, 0.15) is 11.9 Å². The van der Waals surface area contributed by atoms with Crippen molar-refractivity contribution in [3.63, 3.8) is 0 Å². The Balaban J connectivity index is 2.24. The first kappa shape index (κ1) is 18.5. The minimum atomic E-state index is -0.0725. The van der Waals surface area contributed by atoms with E-state index in [2.05, 4.69) is 37.7 Å². The SMILES string of the molecule is CCN(C)C(C)=Nc1cc(Br)c(OC(C)c2ccccc2)nc1C. The third-order valence-corrected chi connectivity index (χ3v) is 4.54. The molecule has 0 N–H and O–H groups in total. The average molecular weight is 390 g/mol. The van der Waals surface area contributed by atoms with Crippen LogP contribution in [0.2, 0.25) is 0 Å². The van der Waals surface area contributed by atoms with Crippen molar-refractivity contribution in [1.82, 2.24) is 9.88 Å². The lowest BCUT2D eigenvalue weighted by Crippen LogP contribution is -2.23. The molecular formula is C19H24BrN3O. The molecule has 0 bridgehead atoms. The number of aryl methyl sites for hydroxylation is 1. The number of aromatic nitrogens is 1. The standard InChI is InChI=1S/C19H24BrN3O/c1-6-23(5)15(4)22-18-12-17(20)19(21-13(18)2)24-14(3)16-10-8-7-9-11-16/h7-12,14H,6H2,1-5H3. The van der Waals surface area contributed by atoms with Crippen LogP contribution in [0.3, 0.4) is 0 Å². The Morgan fingerprint density at radius 1 is 1.33 bits per heavy atom. The van der Waals surface area contributed by atoms with Crippen LogP contribution in [0.25, 0.3) is 0 Å². The van der Waals surface area contributed by atoms with Gasteiger partial charge in [-0.1, -0.05) is 30.3 Å². The van der Waals surface area contributed by atoms with Crippen LogP contribution in [0.15, 0.2) is 45.9 Å². The molecule has 0 fully saturated rings. The van der Waals surface area contributed by atoms with Crippen molar-refractivity contribution >= 4 is 27.5 Å². The van der Waals surface area contributed by atoms with Crippen molar-refractivity contribution in [2.75, 3.05) is 13.6 Å². The van der Waals surface area contributed by atoms with E-state index in [1.165, 1.54) is 0 Å². The molecule has 0 radical (unpaired) electrons. The molecule has 5 heteroatoms. The molecule has 0 aliphatic carbocycles. The second-order valence-corrected chi connectivity index (χ2v) is 6.58. The van der Waals surface area contributed by atoms with Crippen molar-refractivity contribution in [1.29, 1.82) is 0 Å². The second-order valence-electron chi connectivity index (χ2n) is 5.72. The minimum Gasteiger partial charge on any atom is -0.469 e. The normalized spacial score (nSPS) is 12.8. The molecule has 1 heterocycles. The minimum absolute atomic E-state index is 0.0725. The van der Waals surface area contributed by atoms with Crippen LogP contribution in [0.5, 0.6) is 5.88 Å². The van der Waals surface area contributed by atoms with Crippen LogP contribution in [0.4, 0.5) is 5.69 Å². The van der Waals surface area contributed by atoms with Gasteiger partial charge < -0.3 is 9.64 Å². The van der Waals surface area contributed by atoms with Gasteiger partial charge in [-0.05, 0) is 55.3 Å². The lowest BCUT2D eigenvalue weighted by atomic mass is 10.1. The first-order valence-electron chi connectivity index (χ1n) is 8.07. The van der Waals surface area contributed by atoms with Crippen molar-refractivity contribution < 1.29 is 4.74 Å². The number of hydrogen-bond donors (Lipinski definition) is 0. The summed E-state index contributed by atoms with van der Waals surface area (Å²) in [6.07, 6.45) is -0.0725. The molecule has 0 saturated carbocycles. The lowest BCUT2D eigenvalue weighted by Gasteiger charge is -2.18. The Kier molecular flexibility index (Phi) is 6.37. The van der Waals surface area contributed by atoms with Crippen LogP contribution in [-0.4, -0.2) is 29.3 Å². The molecule has 128 valence electrons. The maximum absolute atomic E-state index is 6.02. The molecule has 1 aromatic carbocycles. The number of pyridine rings is 1. The van der Waals surface area contributed by atoms with E-state index in [0.29, 0.717) is 5.88 Å². The third-order valence-electron chi connectivity index (χ3n) is 3.97. The monoisotopic (exact) mass is 389 g/mol. The summed E-state index contributed by atoms with van der Waals surface area (Å²) in [5, 5.41) is 0. The Morgan fingerprint density at radius 3 is 2.62 bits per heavy atom. The lowest BCUT2D eigenvalue weighted by molar-refractivity contribution is 0.215. The molecule has 2 rings (SSSR count).